The fraction of sp³-hybridized carbons (Fsp3) is 0.160. The molecule has 0 saturated heterocycles. The molecule has 7 heteroatoms. The van der Waals surface area contributed by atoms with E-state index >= 15 is 0 Å². The number of carbonyl (C=O) groups is 2. The maximum Gasteiger partial charge on any atom is 0.226 e. The molecule has 6 nitrogen and oxygen atoms in total. The minimum atomic E-state index is -0.430. The summed E-state index contributed by atoms with van der Waals surface area (Å²) < 4.78 is 6.32. The number of methoxy groups -OCH3 is 1. The largest absolute Gasteiger partial charge is 0.497 e. The molecule has 4 aromatic rings. The fourth-order valence-electron chi connectivity index (χ4n) is 3.42. The molecule has 0 radical (unpaired) electrons. The molecule has 0 bridgehead atoms. The molecule has 1 atom stereocenters. The van der Waals surface area contributed by atoms with E-state index in [4.69, 9.17) is 4.74 Å². The summed E-state index contributed by atoms with van der Waals surface area (Å²) in [6.45, 7) is 1.44. The molecule has 2 N–H and O–H groups in total. The molecule has 0 saturated carbocycles. The summed E-state index contributed by atoms with van der Waals surface area (Å²) in [5, 5.41) is 6.70. The summed E-state index contributed by atoms with van der Waals surface area (Å²) in [5.74, 6) is 0.333. The lowest BCUT2D eigenvalue weighted by molar-refractivity contribution is -0.120. The van der Waals surface area contributed by atoms with E-state index in [0.29, 0.717) is 11.4 Å². The Kier molecular flexibility index (Phi) is 6.47. The highest BCUT2D eigenvalue weighted by Gasteiger charge is 2.17. The molecule has 1 heterocycles. The number of rotatable bonds is 7. The van der Waals surface area contributed by atoms with Crippen molar-refractivity contribution in [1.82, 2.24) is 10.3 Å². The molecular weight excluding hydrogens is 422 g/mol. The number of nitrogens with zero attached hydrogens (tertiary/aromatic N) is 1. The molecule has 1 aromatic heterocycles. The van der Waals surface area contributed by atoms with Crippen LogP contribution in [0.4, 0.5) is 5.69 Å². The quantitative estimate of drug-likeness (QED) is 0.411. The van der Waals surface area contributed by atoms with Gasteiger partial charge in [-0.25, -0.2) is 4.98 Å². The number of carbonyl (C=O) groups excluding carboxylic acids is 2. The molecule has 0 fully saturated rings. The molecule has 0 aliphatic rings. The Labute approximate surface area is 190 Å². The third kappa shape index (κ3) is 5.12. The van der Waals surface area contributed by atoms with Gasteiger partial charge in [0.15, 0.2) is 0 Å². The van der Waals surface area contributed by atoms with Crippen LogP contribution in [0.15, 0.2) is 72.8 Å². The zero-order valence-corrected chi connectivity index (χ0v) is 18.6. The van der Waals surface area contributed by atoms with Gasteiger partial charge in [0.1, 0.15) is 10.8 Å². The molecule has 3 aromatic carbocycles. The number of thiazole rings is 1. The van der Waals surface area contributed by atoms with E-state index < -0.39 is 6.04 Å². The number of amides is 2. The fourth-order valence-corrected chi connectivity index (χ4v) is 4.39. The van der Waals surface area contributed by atoms with Crippen molar-refractivity contribution in [3.05, 3.63) is 78.4 Å². The molecule has 0 spiro atoms. The van der Waals surface area contributed by atoms with Crippen molar-refractivity contribution in [2.24, 2.45) is 0 Å². The van der Waals surface area contributed by atoms with Crippen molar-refractivity contribution < 1.29 is 14.3 Å². The Morgan fingerprint density at radius 1 is 1.00 bits per heavy atom. The van der Waals surface area contributed by atoms with Gasteiger partial charge in [-0.15, -0.1) is 11.3 Å². The number of para-hydroxylation sites is 1. The summed E-state index contributed by atoms with van der Waals surface area (Å²) >= 11 is 1.64. The molecule has 2 amide bonds. The first kappa shape index (κ1) is 21.5. The topological polar surface area (TPSA) is 80.3 Å². The molecule has 32 heavy (non-hydrogen) atoms. The van der Waals surface area contributed by atoms with E-state index in [0.717, 1.165) is 26.4 Å². The first-order valence-electron chi connectivity index (χ1n) is 10.2. The van der Waals surface area contributed by atoms with E-state index in [1.807, 2.05) is 66.7 Å². The Morgan fingerprint density at radius 2 is 1.72 bits per heavy atom. The first-order valence-corrected chi connectivity index (χ1v) is 11.0. The van der Waals surface area contributed by atoms with Crippen LogP contribution in [0.1, 0.15) is 24.9 Å². The van der Waals surface area contributed by atoms with E-state index in [9.17, 15) is 9.59 Å². The van der Waals surface area contributed by atoms with Crippen LogP contribution >= 0.6 is 11.3 Å². The van der Waals surface area contributed by atoms with Crippen LogP contribution in [0.2, 0.25) is 0 Å². The van der Waals surface area contributed by atoms with Crippen LogP contribution in [-0.2, 0) is 9.59 Å². The van der Waals surface area contributed by atoms with Crippen molar-refractivity contribution >= 4 is 39.1 Å². The van der Waals surface area contributed by atoms with Crippen LogP contribution in [0.3, 0.4) is 0 Å². The summed E-state index contributed by atoms with van der Waals surface area (Å²) in [4.78, 5) is 29.0. The van der Waals surface area contributed by atoms with E-state index in [-0.39, 0.29) is 18.2 Å². The highest BCUT2D eigenvalue weighted by Crippen LogP contribution is 2.30. The van der Waals surface area contributed by atoms with Crippen molar-refractivity contribution in [2.75, 3.05) is 12.4 Å². The molecule has 0 aliphatic heterocycles. The Hall–Kier alpha value is -3.71. The number of hydrogen-bond donors (Lipinski definition) is 2. The zero-order valence-electron chi connectivity index (χ0n) is 17.8. The maximum atomic E-state index is 12.7. The standard InChI is InChI=1S/C25H23N3O3S/c1-16(29)26-22(17-9-13-20(31-2)14-10-17)15-24(30)27-19-11-7-18(8-12-19)25-28-21-5-3-4-6-23(21)32-25/h3-14,22H,15H2,1-2H3,(H,26,29)(H,27,30). The number of anilines is 1. The lowest BCUT2D eigenvalue weighted by atomic mass is 10.0. The number of benzene rings is 3. The van der Waals surface area contributed by atoms with Crippen molar-refractivity contribution in [3.8, 4) is 16.3 Å². The second-order valence-electron chi connectivity index (χ2n) is 7.34. The Bertz CT molecular complexity index is 1200. The number of ether oxygens (including phenoxy) is 1. The molecule has 162 valence electrons. The van der Waals surface area contributed by atoms with Crippen molar-refractivity contribution in [3.63, 3.8) is 0 Å². The minimum Gasteiger partial charge on any atom is -0.497 e. The summed E-state index contributed by atoms with van der Waals surface area (Å²) in [7, 11) is 1.59. The average Bonchev–Trinajstić information content (AvgIpc) is 3.23. The summed E-state index contributed by atoms with van der Waals surface area (Å²) in [6, 6.07) is 22.5. The van der Waals surface area contributed by atoms with Gasteiger partial charge in [0, 0.05) is 18.2 Å². The number of nitrogens with one attached hydrogen (secondary N) is 2. The lowest BCUT2D eigenvalue weighted by Gasteiger charge is -2.18. The minimum absolute atomic E-state index is 0.117. The first-order chi connectivity index (χ1) is 15.5. The molecule has 4 rings (SSSR count). The normalized spacial score (nSPS) is 11.7. The SMILES string of the molecule is COc1ccc(C(CC(=O)Nc2ccc(-c3nc4ccccc4s3)cc2)NC(C)=O)cc1. The predicted octanol–water partition coefficient (Wildman–Crippen LogP) is 5.18. The van der Waals surface area contributed by atoms with Gasteiger partial charge in [0.2, 0.25) is 11.8 Å². The highest BCUT2D eigenvalue weighted by molar-refractivity contribution is 7.21. The van der Waals surface area contributed by atoms with Gasteiger partial charge in [0.25, 0.3) is 0 Å². The van der Waals surface area contributed by atoms with Gasteiger partial charge in [-0.2, -0.15) is 0 Å². The van der Waals surface area contributed by atoms with Crippen molar-refractivity contribution in [2.45, 2.75) is 19.4 Å². The van der Waals surface area contributed by atoms with E-state index in [1.54, 1.807) is 18.4 Å². The van der Waals surface area contributed by atoms with Crippen LogP contribution in [-0.4, -0.2) is 23.9 Å². The summed E-state index contributed by atoms with van der Waals surface area (Å²) in [6.07, 6.45) is 0.117. The van der Waals surface area contributed by atoms with Gasteiger partial charge in [-0.3, -0.25) is 9.59 Å². The van der Waals surface area contributed by atoms with Crippen LogP contribution in [0.25, 0.3) is 20.8 Å². The van der Waals surface area contributed by atoms with E-state index in [2.05, 4.69) is 21.7 Å². The molecule has 1 unspecified atom stereocenters. The smallest absolute Gasteiger partial charge is 0.226 e. The third-order valence-corrected chi connectivity index (χ3v) is 6.08. The van der Waals surface area contributed by atoms with Crippen LogP contribution < -0.4 is 15.4 Å². The zero-order chi connectivity index (χ0) is 22.5. The van der Waals surface area contributed by atoms with E-state index in [1.165, 1.54) is 6.92 Å². The number of fused-ring (bicyclic) bond motifs is 1. The monoisotopic (exact) mass is 445 g/mol. The predicted molar refractivity (Wildman–Crippen MR) is 128 cm³/mol. The second-order valence-corrected chi connectivity index (χ2v) is 8.37. The van der Waals surface area contributed by atoms with Crippen LogP contribution in [0.5, 0.6) is 5.75 Å². The Balaban J connectivity index is 1.44. The highest BCUT2D eigenvalue weighted by atomic mass is 32.1. The third-order valence-electron chi connectivity index (χ3n) is 4.99. The van der Waals surface area contributed by atoms with Gasteiger partial charge in [0.05, 0.1) is 29.8 Å². The summed E-state index contributed by atoms with van der Waals surface area (Å²) in [5.41, 5.74) is 3.50. The lowest BCUT2D eigenvalue weighted by Crippen LogP contribution is -2.29. The van der Waals surface area contributed by atoms with Gasteiger partial charge >= 0.3 is 0 Å². The second kappa shape index (κ2) is 9.62. The van der Waals surface area contributed by atoms with Crippen LogP contribution in [0, 0.1) is 0 Å². The maximum absolute atomic E-state index is 12.7. The molecular formula is C25H23N3O3S. The number of hydrogen-bond acceptors (Lipinski definition) is 5. The number of aromatic nitrogens is 1. The average molecular weight is 446 g/mol. The van der Waals surface area contributed by atoms with Crippen molar-refractivity contribution in [1.29, 1.82) is 0 Å². The molecule has 0 aliphatic carbocycles. The van der Waals surface area contributed by atoms with Gasteiger partial charge in [-0.1, -0.05) is 24.3 Å². The van der Waals surface area contributed by atoms with Gasteiger partial charge < -0.3 is 15.4 Å². The Morgan fingerprint density at radius 3 is 2.38 bits per heavy atom. The van der Waals surface area contributed by atoms with Gasteiger partial charge in [-0.05, 0) is 54.1 Å².